The maximum atomic E-state index is 12.3. The summed E-state index contributed by atoms with van der Waals surface area (Å²) in [5, 5.41) is 9.78. The van der Waals surface area contributed by atoms with Gasteiger partial charge in [0.05, 0.1) is 11.4 Å². The van der Waals surface area contributed by atoms with Crippen LogP contribution < -0.4 is 5.32 Å². The first-order valence-electron chi connectivity index (χ1n) is 7.36. The topological polar surface area (TPSA) is 62.7 Å². The number of amides is 1. The van der Waals surface area contributed by atoms with E-state index in [2.05, 4.69) is 31.4 Å². The van der Waals surface area contributed by atoms with Crippen LogP contribution in [0.15, 0.2) is 40.9 Å². The Morgan fingerprint density at radius 2 is 2.08 bits per heavy atom. The molecule has 0 fully saturated rings. The van der Waals surface area contributed by atoms with Crippen molar-refractivity contribution in [3.05, 3.63) is 56.3 Å². The summed E-state index contributed by atoms with van der Waals surface area (Å²) in [6.07, 6.45) is 0. The minimum Gasteiger partial charge on any atom is -0.344 e. The molecule has 0 aliphatic rings. The van der Waals surface area contributed by atoms with Gasteiger partial charge in [0.1, 0.15) is 0 Å². The van der Waals surface area contributed by atoms with Gasteiger partial charge in [-0.1, -0.05) is 28.1 Å². The molecular formula is C16H15BrN4OS2. The van der Waals surface area contributed by atoms with Gasteiger partial charge < -0.3 is 9.88 Å². The predicted octanol–water partition coefficient (Wildman–Crippen LogP) is 4.38. The number of hydrogen-bond donors (Lipinski definition) is 2. The van der Waals surface area contributed by atoms with Gasteiger partial charge >= 0.3 is 0 Å². The van der Waals surface area contributed by atoms with Gasteiger partial charge in [0, 0.05) is 15.9 Å². The van der Waals surface area contributed by atoms with Gasteiger partial charge in [0.2, 0.25) is 0 Å². The minimum atomic E-state index is -0.111. The predicted molar refractivity (Wildman–Crippen MR) is 102 cm³/mol. The molecule has 3 aromatic rings. The van der Waals surface area contributed by atoms with Crippen LogP contribution in [0, 0.1) is 4.77 Å². The van der Waals surface area contributed by atoms with Gasteiger partial charge in [-0.15, -0.1) is 11.3 Å². The molecule has 24 heavy (non-hydrogen) atoms. The van der Waals surface area contributed by atoms with Crippen molar-refractivity contribution in [2.75, 3.05) is 0 Å². The molecule has 0 spiro atoms. The number of nitrogens with one attached hydrogen (secondary N) is 2. The first kappa shape index (κ1) is 17.1. The Morgan fingerprint density at radius 3 is 2.79 bits per heavy atom. The number of hydrogen-bond acceptors (Lipinski definition) is 4. The summed E-state index contributed by atoms with van der Waals surface area (Å²) in [4.78, 5) is 14.1. The third kappa shape index (κ3) is 3.66. The van der Waals surface area contributed by atoms with Crippen molar-refractivity contribution in [3.63, 3.8) is 0 Å². The lowest BCUT2D eigenvalue weighted by atomic mass is 10.2. The zero-order valence-corrected chi connectivity index (χ0v) is 16.1. The Labute approximate surface area is 156 Å². The minimum absolute atomic E-state index is 0.111. The number of halogens is 1. The summed E-state index contributed by atoms with van der Waals surface area (Å²) in [6.45, 7) is 3.04. The first-order chi connectivity index (χ1) is 11.6. The molecule has 1 aromatic carbocycles. The summed E-state index contributed by atoms with van der Waals surface area (Å²) in [5.41, 5.74) is 1.09. The average Bonchev–Trinajstić information content (AvgIpc) is 3.20. The Balaban J connectivity index is 1.69. The maximum absolute atomic E-state index is 12.3. The van der Waals surface area contributed by atoms with Crippen molar-refractivity contribution < 1.29 is 4.79 Å². The summed E-state index contributed by atoms with van der Waals surface area (Å²) < 4.78 is 3.46. The summed E-state index contributed by atoms with van der Waals surface area (Å²) in [6, 6.07) is 11.8. The summed E-state index contributed by atoms with van der Waals surface area (Å²) in [5.74, 6) is 0.612. The van der Waals surface area contributed by atoms with Crippen molar-refractivity contribution in [3.8, 4) is 10.4 Å². The highest BCUT2D eigenvalue weighted by Crippen LogP contribution is 2.29. The maximum Gasteiger partial charge on any atom is 0.261 e. The number of thiophene rings is 1. The molecule has 2 aromatic heterocycles. The lowest BCUT2D eigenvalue weighted by Gasteiger charge is -2.04. The van der Waals surface area contributed by atoms with Gasteiger partial charge in [-0.3, -0.25) is 9.89 Å². The fourth-order valence-corrected chi connectivity index (χ4v) is 3.76. The van der Waals surface area contributed by atoms with Gasteiger partial charge in [-0.25, -0.2) is 0 Å². The molecule has 8 heteroatoms. The lowest BCUT2D eigenvalue weighted by molar-refractivity contribution is 0.0953. The SMILES string of the molecule is CCn1c(CNC(=O)c2ccc(-c3ccc(Br)cc3)s2)n[nH]c1=S. The van der Waals surface area contributed by atoms with Crippen molar-refractivity contribution in [2.24, 2.45) is 0 Å². The number of rotatable bonds is 5. The Bertz CT molecular complexity index is 911. The number of H-pyrrole nitrogens is 1. The van der Waals surface area contributed by atoms with Crippen LogP contribution in [0.1, 0.15) is 22.4 Å². The van der Waals surface area contributed by atoms with E-state index >= 15 is 0 Å². The molecule has 0 saturated carbocycles. The molecule has 2 N–H and O–H groups in total. The molecule has 124 valence electrons. The molecule has 0 radical (unpaired) electrons. The Morgan fingerprint density at radius 1 is 1.33 bits per heavy atom. The van der Waals surface area contributed by atoms with Crippen molar-refractivity contribution >= 4 is 45.4 Å². The van der Waals surface area contributed by atoms with Gasteiger partial charge in [-0.05, 0) is 49.0 Å². The van der Waals surface area contributed by atoms with E-state index in [1.807, 2.05) is 47.9 Å². The van der Waals surface area contributed by atoms with Crippen LogP contribution in [0.2, 0.25) is 0 Å². The van der Waals surface area contributed by atoms with E-state index in [0.717, 1.165) is 20.7 Å². The zero-order chi connectivity index (χ0) is 17.1. The Kier molecular flexibility index (Phi) is 5.27. The first-order valence-corrected chi connectivity index (χ1v) is 9.38. The van der Waals surface area contributed by atoms with E-state index in [9.17, 15) is 4.79 Å². The van der Waals surface area contributed by atoms with Gasteiger partial charge in [0.25, 0.3) is 5.91 Å². The van der Waals surface area contributed by atoms with E-state index < -0.39 is 0 Å². The highest BCUT2D eigenvalue weighted by molar-refractivity contribution is 9.10. The fraction of sp³-hybridized carbons (Fsp3) is 0.188. The van der Waals surface area contributed by atoms with E-state index in [1.165, 1.54) is 11.3 Å². The second-order valence-corrected chi connectivity index (χ2v) is 7.43. The van der Waals surface area contributed by atoms with E-state index in [1.54, 1.807) is 0 Å². The van der Waals surface area contributed by atoms with E-state index in [4.69, 9.17) is 12.2 Å². The van der Waals surface area contributed by atoms with Crippen LogP contribution in [0.5, 0.6) is 0 Å². The van der Waals surface area contributed by atoms with Crippen molar-refractivity contribution in [1.82, 2.24) is 20.1 Å². The third-order valence-corrected chi connectivity index (χ3v) is 5.49. The molecular weight excluding hydrogens is 408 g/mol. The van der Waals surface area contributed by atoms with Crippen LogP contribution in [0.4, 0.5) is 0 Å². The number of carbonyl (C=O) groups excluding carboxylic acids is 1. The second kappa shape index (κ2) is 7.42. The number of carbonyl (C=O) groups is 1. The molecule has 0 unspecified atom stereocenters. The summed E-state index contributed by atoms with van der Waals surface area (Å²) in [7, 11) is 0. The highest BCUT2D eigenvalue weighted by Gasteiger charge is 2.12. The quantitative estimate of drug-likeness (QED) is 0.599. The monoisotopic (exact) mass is 422 g/mol. The zero-order valence-electron chi connectivity index (χ0n) is 12.9. The van der Waals surface area contributed by atoms with Crippen molar-refractivity contribution in [2.45, 2.75) is 20.0 Å². The van der Waals surface area contributed by atoms with Crippen LogP contribution in [-0.2, 0) is 13.1 Å². The van der Waals surface area contributed by atoms with Crippen LogP contribution in [0.25, 0.3) is 10.4 Å². The van der Waals surface area contributed by atoms with Gasteiger partial charge in [-0.2, -0.15) is 5.10 Å². The molecule has 0 saturated heterocycles. The third-order valence-electron chi connectivity index (χ3n) is 3.52. The molecule has 3 rings (SSSR count). The second-order valence-electron chi connectivity index (χ2n) is 5.04. The van der Waals surface area contributed by atoms with E-state index in [0.29, 0.717) is 22.7 Å². The average molecular weight is 423 g/mol. The molecule has 1 amide bonds. The molecule has 0 aliphatic heterocycles. The Hall–Kier alpha value is -1.77. The summed E-state index contributed by atoms with van der Waals surface area (Å²) >= 11 is 10.0. The number of aromatic nitrogens is 3. The molecule has 5 nitrogen and oxygen atoms in total. The van der Waals surface area contributed by atoms with Crippen LogP contribution in [0.3, 0.4) is 0 Å². The molecule has 0 aliphatic carbocycles. The number of benzene rings is 1. The molecule has 0 atom stereocenters. The lowest BCUT2D eigenvalue weighted by Crippen LogP contribution is -2.23. The number of nitrogens with zero attached hydrogens (tertiary/aromatic N) is 2. The van der Waals surface area contributed by atoms with E-state index in [-0.39, 0.29) is 5.91 Å². The largest absolute Gasteiger partial charge is 0.344 e. The fourth-order valence-electron chi connectivity index (χ4n) is 2.29. The standard InChI is InChI=1S/C16H15BrN4OS2/c1-2-21-14(19-20-16(21)23)9-18-15(22)13-8-7-12(24-13)10-3-5-11(17)6-4-10/h3-8H,2,9H2,1H3,(H,18,22)(H,20,23). The highest BCUT2D eigenvalue weighted by atomic mass is 79.9. The molecule has 2 heterocycles. The van der Waals surface area contributed by atoms with Crippen LogP contribution >= 0.6 is 39.5 Å². The van der Waals surface area contributed by atoms with Crippen LogP contribution in [-0.4, -0.2) is 20.7 Å². The van der Waals surface area contributed by atoms with Gasteiger partial charge in [0.15, 0.2) is 10.6 Å². The molecule has 0 bridgehead atoms. The smallest absolute Gasteiger partial charge is 0.261 e. The number of aromatic amines is 1. The van der Waals surface area contributed by atoms with Crippen molar-refractivity contribution in [1.29, 1.82) is 0 Å². The normalized spacial score (nSPS) is 10.8.